The second kappa shape index (κ2) is 9.77. The minimum atomic E-state index is -0.296. The first-order chi connectivity index (χ1) is 14.1. The molecule has 0 unspecified atom stereocenters. The molecule has 0 radical (unpaired) electrons. The van der Waals surface area contributed by atoms with E-state index in [1.165, 1.54) is 0 Å². The number of nitrogens with zero attached hydrogens (tertiary/aromatic N) is 2. The molecule has 0 aliphatic carbocycles. The number of hydrogen-bond donors (Lipinski definition) is 2. The monoisotopic (exact) mass is 398 g/mol. The molecule has 0 saturated carbocycles. The number of benzene rings is 1. The smallest absolute Gasteiger partial charge is 0.287 e. The van der Waals surface area contributed by atoms with Crippen LogP contribution in [0.3, 0.4) is 0 Å². The number of carbonyl (C=O) groups is 2. The van der Waals surface area contributed by atoms with E-state index in [0.717, 1.165) is 30.7 Å². The third-order valence-corrected chi connectivity index (χ3v) is 4.66. The number of nitrogens with one attached hydrogen (secondary N) is 2. The normalized spacial score (nSPS) is 12.6. The molecule has 154 valence electrons. The van der Waals surface area contributed by atoms with E-state index in [-0.39, 0.29) is 17.6 Å². The molecule has 1 aromatic heterocycles. The number of aromatic nitrogens is 2. The highest BCUT2D eigenvalue weighted by atomic mass is 16.5. The standard InChI is InChI=1S/C21H26N4O4/c1-3-11-22-21(27)19-24-18(17-6-4-5-13-25(17)19)20(26)23-12-14-29-16-9-7-15(28-2)8-10-16/h3,7-10H,1,4-6,11-14H2,2H3,(H,22,27)(H,23,26). The van der Waals surface area contributed by atoms with Gasteiger partial charge in [-0.2, -0.15) is 0 Å². The average Bonchev–Trinajstić information content (AvgIpc) is 3.15. The molecule has 0 spiro atoms. The van der Waals surface area contributed by atoms with Crippen LogP contribution in [-0.2, 0) is 13.0 Å². The summed E-state index contributed by atoms with van der Waals surface area (Å²) in [6, 6.07) is 7.23. The number of hydrogen-bond acceptors (Lipinski definition) is 5. The van der Waals surface area contributed by atoms with Gasteiger partial charge in [-0.25, -0.2) is 4.98 Å². The molecule has 0 bridgehead atoms. The first-order valence-electron chi connectivity index (χ1n) is 9.67. The summed E-state index contributed by atoms with van der Waals surface area (Å²) in [5, 5.41) is 5.55. The molecule has 8 heteroatoms. The van der Waals surface area contributed by atoms with Crippen molar-refractivity contribution < 1.29 is 19.1 Å². The third-order valence-electron chi connectivity index (χ3n) is 4.66. The van der Waals surface area contributed by atoms with E-state index in [9.17, 15) is 9.59 Å². The van der Waals surface area contributed by atoms with Crippen LogP contribution in [0.4, 0.5) is 0 Å². The predicted molar refractivity (Wildman–Crippen MR) is 109 cm³/mol. The molecule has 2 aromatic rings. The lowest BCUT2D eigenvalue weighted by molar-refractivity contribution is 0.0940. The summed E-state index contributed by atoms with van der Waals surface area (Å²) in [5.41, 5.74) is 1.13. The van der Waals surface area contributed by atoms with Crippen molar-refractivity contribution in [3.63, 3.8) is 0 Å². The van der Waals surface area contributed by atoms with Gasteiger partial charge in [0.15, 0.2) is 5.82 Å². The molecule has 0 atom stereocenters. The quantitative estimate of drug-likeness (QED) is 0.497. The minimum Gasteiger partial charge on any atom is -0.497 e. The van der Waals surface area contributed by atoms with Crippen molar-refractivity contribution in [2.24, 2.45) is 0 Å². The van der Waals surface area contributed by atoms with Gasteiger partial charge in [0.05, 0.1) is 19.3 Å². The zero-order valence-electron chi connectivity index (χ0n) is 16.6. The van der Waals surface area contributed by atoms with Crippen LogP contribution in [0.5, 0.6) is 11.5 Å². The molecule has 0 fully saturated rings. The van der Waals surface area contributed by atoms with Crippen molar-refractivity contribution in [2.45, 2.75) is 25.8 Å². The maximum absolute atomic E-state index is 12.7. The van der Waals surface area contributed by atoms with Crippen molar-refractivity contribution in [2.75, 3.05) is 26.8 Å². The number of ether oxygens (including phenoxy) is 2. The van der Waals surface area contributed by atoms with Crippen molar-refractivity contribution in [1.29, 1.82) is 0 Å². The van der Waals surface area contributed by atoms with Gasteiger partial charge >= 0.3 is 0 Å². The van der Waals surface area contributed by atoms with E-state index in [4.69, 9.17) is 9.47 Å². The summed E-state index contributed by atoms with van der Waals surface area (Å²) >= 11 is 0. The number of fused-ring (bicyclic) bond motifs is 1. The van der Waals surface area contributed by atoms with Gasteiger partial charge < -0.3 is 24.7 Å². The van der Waals surface area contributed by atoms with Gasteiger partial charge in [0, 0.05) is 13.1 Å². The van der Waals surface area contributed by atoms with E-state index in [1.807, 2.05) is 16.7 Å². The van der Waals surface area contributed by atoms with Crippen molar-refractivity contribution in [3.05, 3.63) is 54.1 Å². The van der Waals surface area contributed by atoms with Crippen LogP contribution < -0.4 is 20.1 Å². The van der Waals surface area contributed by atoms with Gasteiger partial charge in [-0.1, -0.05) is 6.08 Å². The molecule has 8 nitrogen and oxygen atoms in total. The van der Waals surface area contributed by atoms with E-state index >= 15 is 0 Å². The lowest BCUT2D eigenvalue weighted by Crippen LogP contribution is -2.29. The molecule has 1 aliphatic heterocycles. The Morgan fingerprint density at radius 1 is 1.17 bits per heavy atom. The third kappa shape index (κ3) is 4.96. The van der Waals surface area contributed by atoms with Gasteiger partial charge in [-0.05, 0) is 43.5 Å². The van der Waals surface area contributed by atoms with Gasteiger partial charge in [-0.15, -0.1) is 6.58 Å². The topological polar surface area (TPSA) is 94.5 Å². The zero-order valence-corrected chi connectivity index (χ0v) is 16.6. The van der Waals surface area contributed by atoms with Crippen molar-refractivity contribution >= 4 is 11.8 Å². The van der Waals surface area contributed by atoms with Crippen LogP contribution in [-0.4, -0.2) is 48.2 Å². The van der Waals surface area contributed by atoms with Crippen LogP contribution in [0.1, 0.15) is 39.6 Å². The van der Waals surface area contributed by atoms with Gasteiger partial charge in [-0.3, -0.25) is 9.59 Å². The highest BCUT2D eigenvalue weighted by Crippen LogP contribution is 2.21. The molecule has 0 saturated heterocycles. The molecule has 2 N–H and O–H groups in total. The predicted octanol–water partition coefficient (Wildman–Crippen LogP) is 1.95. The maximum Gasteiger partial charge on any atom is 0.287 e. The van der Waals surface area contributed by atoms with Crippen LogP contribution >= 0.6 is 0 Å². The van der Waals surface area contributed by atoms with Crippen LogP contribution in [0.2, 0.25) is 0 Å². The molecular formula is C21H26N4O4. The van der Waals surface area contributed by atoms with Crippen LogP contribution in [0.15, 0.2) is 36.9 Å². The van der Waals surface area contributed by atoms with E-state index < -0.39 is 0 Å². The van der Waals surface area contributed by atoms with E-state index in [0.29, 0.717) is 37.7 Å². The Morgan fingerprint density at radius 3 is 2.66 bits per heavy atom. The highest BCUT2D eigenvalue weighted by Gasteiger charge is 2.27. The molecule has 29 heavy (non-hydrogen) atoms. The summed E-state index contributed by atoms with van der Waals surface area (Å²) in [4.78, 5) is 29.4. The first kappa shape index (κ1) is 20.4. The fourth-order valence-corrected chi connectivity index (χ4v) is 3.23. The molecule has 2 amide bonds. The van der Waals surface area contributed by atoms with Crippen LogP contribution in [0, 0.1) is 0 Å². The Morgan fingerprint density at radius 2 is 1.93 bits per heavy atom. The minimum absolute atomic E-state index is 0.279. The molecule has 1 aromatic carbocycles. The molecule has 1 aliphatic rings. The Balaban J connectivity index is 1.60. The van der Waals surface area contributed by atoms with Gasteiger partial charge in [0.25, 0.3) is 11.8 Å². The van der Waals surface area contributed by atoms with Crippen LogP contribution in [0.25, 0.3) is 0 Å². The van der Waals surface area contributed by atoms with Crippen molar-refractivity contribution in [1.82, 2.24) is 20.2 Å². The van der Waals surface area contributed by atoms with Gasteiger partial charge in [0.2, 0.25) is 0 Å². The number of imidazole rings is 1. The van der Waals surface area contributed by atoms with E-state index in [1.54, 1.807) is 25.3 Å². The SMILES string of the molecule is C=CCNC(=O)c1nc(C(=O)NCCOc2ccc(OC)cc2)c2n1CCCC2. The number of carbonyl (C=O) groups excluding carboxylic acids is 2. The fraction of sp³-hybridized carbons (Fsp3) is 0.381. The van der Waals surface area contributed by atoms with Gasteiger partial charge in [0.1, 0.15) is 23.8 Å². The van der Waals surface area contributed by atoms with Crippen molar-refractivity contribution in [3.8, 4) is 11.5 Å². The summed E-state index contributed by atoms with van der Waals surface area (Å²) in [5.74, 6) is 1.14. The summed E-state index contributed by atoms with van der Waals surface area (Å²) in [6.07, 6.45) is 4.27. The van der Waals surface area contributed by atoms with E-state index in [2.05, 4.69) is 22.2 Å². The second-order valence-corrected chi connectivity index (χ2v) is 6.62. The summed E-state index contributed by atoms with van der Waals surface area (Å²) in [7, 11) is 1.61. The Labute approximate surface area is 169 Å². The first-order valence-corrected chi connectivity index (χ1v) is 9.67. The Hall–Kier alpha value is -3.29. The fourth-order valence-electron chi connectivity index (χ4n) is 3.23. The highest BCUT2D eigenvalue weighted by molar-refractivity contribution is 5.97. The number of rotatable bonds is 9. The molecule has 2 heterocycles. The number of amides is 2. The largest absolute Gasteiger partial charge is 0.497 e. The second-order valence-electron chi connectivity index (χ2n) is 6.62. The molecule has 3 rings (SSSR count). The summed E-state index contributed by atoms with van der Waals surface area (Å²) < 4.78 is 12.6. The lowest BCUT2D eigenvalue weighted by Gasteiger charge is -2.17. The Kier molecular flexibility index (Phi) is 6.89. The average molecular weight is 398 g/mol. The Bertz CT molecular complexity index is 874. The maximum atomic E-state index is 12.7. The summed E-state index contributed by atoms with van der Waals surface area (Å²) in [6.45, 7) is 5.28. The molecular weight excluding hydrogens is 372 g/mol. The zero-order chi connectivity index (χ0) is 20.6. The number of methoxy groups -OCH3 is 1. The lowest BCUT2D eigenvalue weighted by atomic mass is 10.1.